The lowest BCUT2D eigenvalue weighted by Gasteiger charge is -2.14. The molecule has 0 fully saturated rings. The maximum atomic E-state index is 11.2. The van der Waals surface area contributed by atoms with Crippen molar-refractivity contribution >= 4 is 22.3 Å². The molecule has 0 aliphatic rings. The zero-order valence-electron chi connectivity index (χ0n) is 9.93. The Labute approximate surface area is 111 Å². The van der Waals surface area contributed by atoms with Gasteiger partial charge in [0.25, 0.3) is 0 Å². The molecule has 0 aromatic heterocycles. The van der Waals surface area contributed by atoms with E-state index in [0.29, 0.717) is 4.31 Å². The summed E-state index contributed by atoms with van der Waals surface area (Å²) < 4.78 is 22.9. The van der Waals surface area contributed by atoms with Gasteiger partial charge in [-0.05, 0) is 23.3 Å². The number of nitrogens with two attached hydrogens (primary N) is 1. The van der Waals surface area contributed by atoms with Crippen LogP contribution in [0.1, 0.15) is 0 Å². The molecule has 5 nitrogen and oxygen atoms in total. The third kappa shape index (κ3) is 2.98. The fourth-order valence-electron chi connectivity index (χ4n) is 1.70. The number of carbonyl (C=O) groups is 1. The lowest BCUT2D eigenvalue weighted by Crippen LogP contribution is -2.35. The van der Waals surface area contributed by atoms with Gasteiger partial charge in [0.15, 0.2) is 0 Å². The Hall–Kier alpha value is -2.18. The van der Waals surface area contributed by atoms with Gasteiger partial charge in [-0.1, -0.05) is 42.5 Å². The van der Waals surface area contributed by atoms with Gasteiger partial charge in [0.05, 0.1) is 5.69 Å². The molecule has 6 heteroatoms. The standard InChI is InChI=1S/C13H12N2O3S/c14-19(17,18)15(10-16)13-8-6-12(7-9-13)11-4-2-1-3-5-11/h1-10H,(H2,14,17,18). The van der Waals surface area contributed by atoms with Crippen LogP contribution in [0.4, 0.5) is 5.69 Å². The SMILES string of the molecule is NS(=O)(=O)N(C=O)c1ccc(-c2ccccc2)cc1. The van der Waals surface area contributed by atoms with Crippen LogP contribution in [0, 0.1) is 0 Å². The van der Waals surface area contributed by atoms with E-state index in [1.54, 1.807) is 12.1 Å². The molecule has 0 radical (unpaired) electrons. The van der Waals surface area contributed by atoms with Gasteiger partial charge >= 0.3 is 10.2 Å². The van der Waals surface area contributed by atoms with Crippen LogP contribution in [0.2, 0.25) is 0 Å². The van der Waals surface area contributed by atoms with Crippen LogP contribution in [0.3, 0.4) is 0 Å². The van der Waals surface area contributed by atoms with Crippen molar-refractivity contribution < 1.29 is 13.2 Å². The van der Waals surface area contributed by atoms with E-state index in [2.05, 4.69) is 0 Å². The van der Waals surface area contributed by atoms with Crippen molar-refractivity contribution in [2.45, 2.75) is 0 Å². The van der Waals surface area contributed by atoms with Crippen molar-refractivity contribution in [2.75, 3.05) is 4.31 Å². The Kier molecular flexibility index (Phi) is 3.64. The minimum Gasteiger partial charge on any atom is -0.277 e. The highest BCUT2D eigenvalue weighted by Crippen LogP contribution is 2.23. The van der Waals surface area contributed by atoms with Gasteiger partial charge in [0.1, 0.15) is 0 Å². The number of nitrogens with zero attached hydrogens (tertiary/aromatic N) is 1. The summed E-state index contributed by atoms with van der Waals surface area (Å²) in [5.74, 6) is 0. The Balaban J connectivity index is 2.36. The zero-order valence-corrected chi connectivity index (χ0v) is 10.7. The maximum absolute atomic E-state index is 11.2. The predicted molar refractivity (Wildman–Crippen MR) is 73.5 cm³/mol. The van der Waals surface area contributed by atoms with Crippen LogP contribution in [-0.4, -0.2) is 14.8 Å². The molecular formula is C13H12N2O3S. The van der Waals surface area contributed by atoms with Gasteiger partial charge in [-0.25, -0.2) is 5.14 Å². The van der Waals surface area contributed by atoms with Gasteiger partial charge in [-0.15, -0.1) is 0 Å². The summed E-state index contributed by atoms with van der Waals surface area (Å²) in [6.07, 6.45) is 0.173. The van der Waals surface area contributed by atoms with Crippen molar-refractivity contribution in [3.05, 3.63) is 54.6 Å². The molecule has 19 heavy (non-hydrogen) atoms. The molecule has 0 saturated heterocycles. The Morgan fingerprint density at radius 3 is 1.89 bits per heavy atom. The largest absolute Gasteiger partial charge is 0.305 e. The van der Waals surface area contributed by atoms with Gasteiger partial charge in [-0.2, -0.15) is 12.7 Å². The predicted octanol–water partition coefficient (Wildman–Crippen LogP) is 1.52. The van der Waals surface area contributed by atoms with Crippen LogP contribution >= 0.6 is 0 Å². The van der Waals surface area contributed by atoms with Crippen LogP contribution in [0.15, 0.2) is 54.6 Å². The smallest absolute Gasteiger partial charge is 0.277 e. The lowest BCUT2D eigenvalue weighted by molar-refractivity contribution is -0.106. The first-order valence-corrected chi connectivity index (χ1v) is 6.95. The first-order valence-electron chi connectivity index (χ1n) is 5.45. The highest BCUT2D eigenvalue weighted by Gasteiger charge is 2.16. The van der Waals surface area contributed by atoms with E-state index >= 15 is 0 Å². The lowest BCUT2D eigenvalue weighted by atomic mass is 10.1. The number of hydrogen-bond donors (Lipinski definition) is 1. The van der Waals surface area contributed by atoms with E-state index in [4.69, 9.17) is 5.14 Å². The molecule has 0 heterocycles. The summed E-state index contributed by atoms with van der Waals surface area (Å²) in [7, 11) is -4.08. The summed E-state index contributed by atoms with van der Waals surface area (Å²) >= 11 is 0. The molecule has 0 saturated carbocycles. The quantitative estimate of drug-likeness (QED) is 0.860. The molecule has 2 N–H and O–H groups in total. The zero-order chi connectivity index (χ0) is 13.9. The van der Waals surface area contributed by atoms with E-state index < -0.39 is 10.2 Å². The molecule has 98 valence electrons. The van der Waals surface area contributed by atoms with Crippen LogP contribution < -0.4 is 9.44 Å². The third-order valence-corrected chi connectivity index (χ3v) is 3.44. The molecule has 2 aromatic rings. The molecule has 2 aromatic carbocycles. The van der Waals surface area contributed by atoms with E-state index in [1.807, 2.05) is 30.3 Å². The fraction of sp³-hybridized carbons (Fsp3) is 0. The number of amides is 1. The number of hydrogen-bond acceptors (Lipinski definition) is 3. The van der Waals surface area contributed by atoms with E-state index in [1.165, 1.54) is 12.1 Å². The van der Waals surface area contributed by atoms with Gasteiger partial charge in [0, 0.05) is 0 Å². The summed E-state index contributed by atoms with van der Waals surface area (Å²) in [6.45, 7) is 0. The summed E-state index contributed by atoms with van der Waals surface area (Å²) in [5, 5.41) is 4.94. The van der Waals surface area contributed by atoms with Crippen molar-refractivity contribution in [1.29, 1.82) is 0 Å². The Morgan fingerprint density at radius 2 is 1.42 bits per heavy atom. The van der Waals surface area contributed by atoms with Crippen molar-refractivity contribution in [1.82, 2.24) is 0 Å². The molecule has 0 spiro atoms. The van der Waals surface area contributed by atoms with Crippen molar-refractivity contribution in [3.63, 3.8) is 0 Å². The molecule has 1 amide bonds. The Bertz CT molecular complexity index is 667. The first kappa shape index (κ1) is 13.3. The highest BCUT2D eigenvalue weighted by molar-refractivity contribution is 7.91. The molecule has 0 bridgehead atoms. The summed E-state index contributed by atoms with van der Waals surface area (Å²) in [5.41, 5.74) is 2.13. The molecule has 0 atom stereocenters. The first-order chi connectivity index (χ1) is 9.02. The number of carbonyl (C=O) groups excluding carboxylic acids is 1. The molecular weight excluding hydrogens is 264 g/mol. The maximum Gasteiger partial charge on any atom is 0.305 e. The average Bonchev–Trinajstić information content (AvgIpc) is 2.40. The minimum absolute atomic E-state index is 0.173. The molecule has 0 aliphatic heterocycles. The van der Waals surface area contributed by atoms with Crippen LogP contribution in [0.5, 0.6) is 0 Å². The minimum atomic E-state index is -4.08. The second kappa shape index (κ2) is 5.21. The average molecular weight is 276 g/mol. The van der Waals surface area contributed by atoms with E-state index in [9.17, 15) is 13.2 Å². The van der Waals surface area contributed by atoms with Crippen LogP contribution in [0.25, 0.3) is 11.1 Å². The van der Waals surface area contributed by atoms with Gasteiger partial charge in [-0.3, -0.25) is 4.79 Å². The topological polar surface area (TPSA) is 80.5 Å². The number of rotatable bonds is 4. The molecule has 2 rings (SSSR count). The Morgan fingerprint density at radius 1 is 0.895 bits per heavy atom. The van der Waals surface area contributed by atoms with Crippen LogP contribution in [-0.2, 0) is 15.0 Å². The number of anilines is 1. The second-order valence-corrected chi connectivity index (χ2v) is 5.28. The molecule has 0 unspecified atom stereocenters. The van der Waals surface area contributed by atoms with Gasteiger partial charge < -0.3 is 0 Å². The van der Waals surface area contributed by atoms with E-state index in [0.717, 1.165) is 11.1 Å². The third-order valence-electron chi connectivity index (χ3n) is 2.60. The monoisotopic (exact) mass is 276 g/mol. The fourth-order valence-corrected chi connectivity index (χ4v) is 2.23. The normalized spacial score (nSPS) is 11.0. The van der Waals surface area contributed by atoms with E-state index in [-0.39, 0.29) is 12.1 Å². The summed E-state index contributed by atoms with van der Waals surface area (Å²) in [6, 6.07) is 16.1. The summed E-state index contributed by atoms with van der Waals surface area (Å²) in [4.78, 5) is 10.8. The van der Waals surface area contributed by atoms with Gasteiger partial charge in [0.2, 0.25) is 6.41 Å². The van der Waals surface area contributed by atoms with Crippen molar-refractivity contribution in [3.8, 4) is 11.1 Å². The number of benzene rings is 2. The second-order valence-electron chi connectivity index (χ2n) is 3.86. The molecule has 0 aliphatic carbocycles. The highest BCUT2D eigenvalue weighted by atomic mass is 32.2. The van der Waals surface area contributed by atoms with Crippen molar-refractivity contribution in [2.24, 2.45) is 5.14 Å².